The number of rotatable bonds is 5. The Bertz CT molecular complexity index is 344. The highest BCUT2D eigenvalue weighted by atomic mass is 35.5. The van der Waals surface area contributed by atoms with E-state index in [-0.39, 0.29) is 0 Å². The molecule has 0 radical (unpaired) electrons. The van der Waals surface area contributed by atoms with E-state index in [9.17, 15) is 0 Å². The molecule has 1 heterocycles. The highest BCUT2D eigenvalue weighted by Crippen LogP contribution is 2.15. The summed E-state index contributed by atoms with van der Waals surface area (Å²) in [5.41, 5.74) is 1.98. The van der Waals surface area contributed by atoms with Gasteiger partial charge in [0.2, 0.25) is 0 Å². The van der Waals surface area contributed by atoms with Crippen LogP contribution < -0.4 is 4.74 Å². The fraction of sp³-hybridized carbons (Fsp3) is 0.583. The Labute approximate surface area is 102 Å². The molecule has 0 N–H and O–H groups in total. The van der Waals surface area contributed by atoms with Crippen LogP contribution in [0.3, 0.4) is 0 Å². The first-order chi connectivity index (χ1) is 7.56. The molecule has 1 rings (SSSR count). The fourth-order valence-electron chi connectivity index (χ4n) is 1.43. The summed E-state index contributed by atoms with van der Waals surface area (Å²) in [6.45, 7) is 4.85. The van der Waals surface area contributed by atoms with Gasteiger partial charge in [-0.15, -0.1) is 11.6 Å². The Balaban J connectivity index is 2.76. The maximum absolute atomic E-state index is 5.82. The van der Waals surface area contributed by atoms with Gasteiger partial charge in [-0.3, -0.25) is 9.88 Å². The third kappa shape index (κ3) is 3.65. The van der Waals surface area contributed by atoms with Crippen molar-refractivity contribution in [2.75, 3.05) is 20.0 Å². The number of alkyl halides is 1. The van der Waals surface area contributed by atoms with Gasteiger partial charge in [-0.25, -0.2) is 0 Å². The van der Waals surface area contributed by atoms with Crippen LogP contribution in [0.5, 0.6) is 5.75 Å². The number of hydrogen-bond donors (Lipinski definition) is 0. The van der Waals surface area contributed by atoms with E-state index in [1.54, 1.807) is 7.11 Å². The zero-order valence-corrected chi connectivity index (χ0v) is 11.1. The molecular formula is C12H19ClN2O. The lowest BCUT2D eigenvalue weighted by molar-refractivity contribution is 0.264. The molecule has 0 aliphatic rings. The molecule has 0 saturated carbocycles. The molecule has 1 aromatic heterocycles. The molecule has 0 bridgehead atoms. The highest BCUT2D eigenvalue weighted by Gasteiger charge is 2.10. The summed E-state index contributed by atoms with van der Waals surface area (Å²) in [6, 6.07) is 4.23. The number of aromatic nitrogens is 1. The number of hydrogen-bond acceptors (Lipinski definition) is 3. The van der Waals surface area contributed by atoms with Crippen LogP contribution in [-0.4, -0.2) is 36.0 Å². The lowest BCUT2D eigenvalue weighted by Crippen LogP contribution is -2.30. The minimum Gasteiger partial charge on any atom is -0.497 e. The Morgan fingerprint density at radius 2 is 2.19 bits per heavy atom. The van der Waals surface area contributed by atoms with Gasteiger partial charge in [0, 0.05) is 36.3 Å². The Kier molecular flexibility index (Phi) is 5.03. The Morgan fingerprint density at radius 3 is 2.75 bits per heavy atom. The molecule has 3 nitrogen and oxygen atoms in total. The van der Waals surface area contributed by atoms with E-state index in [1.807, 2.05) is 26.1 Å². The summed E-state index contributed by atoms with van der Waals surface area (Å²) in [5, 5.41) is 0. The maximum Gasteiger partial charge on any atom is 0.122 e. The van der Waals surface area contributed by atoms with Crippen LogP contribution in [0.25, 0.3) is 0 Å². The number of halogens is 1. The summed E-state index contributed by atoms with van der Waals surface area (Å²) in [4.78, 5) is 6.65. The van der Waals surface area contributed by atoms with Crippen molar-refractivity contribution in [2.24, 2.45) is 0 Å². The van der Waals surface area contributed by atoms with E-state index in [4.69, 9.17) is 16.3 Å². The lowest BCUT2D eigenvalue weighted by Gasteiger charge is -2.22. The minimum absolute atomic E-state index is 0.343. The van der Waals surface area contributed by atoms with Crippen LogP contribution in [0.15, 0.2) is 12.1 Å². The maximum atomic E-state index is 5.82. The van der Waals surface area contributed by atoms with Crippen molar-refractivity contribution in [2.45, 2.75) is 26.4 Å². The fourth-order valence-corrected chi connectivity index (χ4v) is 1.67. The lowest BCUT2D eigenvalue weighted by atomic mass is 10.2. The first-order valence-corrected chi connectivity index (χ1v) is 5.88. The van der Waals surface area contributed by atoms with Gasteiger partial charge in [0.25, 0.3) is 0 Å². The van der Waals surface area contributed by atoms with Gasteiger partial charge in [-0.1, -0.05) is 0 Å². The summed E-state index contributed by atoms with van der Waals surface area (Å²) in [5.74, 6) is 1.48. The summed E-state index contributed by atoms with van der Waals surface area (Å²) < 4.78 is 5.22. The van der Waals surface area contributed by atoms with E-state index >= 15 is 0 Å². The van der Waals surface area contributed by atoms with E-state index in [2.05, 4.69) is 16.8 Å². The van der Waals surface area contributed by atoms with Crippen molar-refractivity contribution >= 4 is 11.6 Å². The topological polar surface area (TPSA) is 25.4 Å². The molecule has 0 spiro atoms. The van der Waals surface area contributed by atoms with E-state index in [0.29, 0.717) is 11.9 Å². The zero-order chi connectivity index (χ0) is 12.1. The van der Waals surface area contributed by atoms with Gasteiger partial charge in [-0.2, -0.15) is 0 Å². The van der Waals surface area contributed by atoms with Gasteiger partial charge in [0.15, 0.2) is 0 Å². The van der Waals surface area contributed by atoms with E-state index < -0.39 is 0 Å². The van der Waals surface area contributed by atoms with Gasteiger partial charge < -0.3 is 4.74 Å². The molecule has 16 heavy (non-hydrogen) atoms. The molecule has 0 aliphatic heterocycles. The van der Waals surface area contributed by atoms with Gasteiger partial charge >= 0.3 is 0 Å². The van der Waals surface area contributed by atoms with Crippen LogP contribution in [0.1, 0.15) is 18.3 Å². The van der Waals surface area contributed by atoms with Crippen molar-refractivity contribution in [3.63, 3.8) is 0 Å². The van der Waals surface area contributed by atoms with Crippen LogP contribution in [0.2, 0.25) is 0 Å². The van der Waals surface area contributed by atoms with Crippen molar-refractivity contribution in [3.05, 3.63) is 23.5 Å². The highest BCUT2D eigenvalue weighted by molar-refractivity contribution is 6.18. The number of pyridine rings is 1. The molecule has 0 amide bonds. The standard InChI is InChI=1S/C12H19ClN2O/c1-9-5-12(16-4)6-11(14-9)8-15(3)10(2)7-13/h5-6,10H,7-8H2,1-4H3. The largest absolute Gasteiger partial charge is 0.497 e. The first-order valence-electron chi connectivity index (χ1n) is 5.34. The van der Waals surface area contributed by atoms with Gasteiger partial charge in [-0.05, 0) is 20.9 Å². The van der Waals surface area contributed by atoms with Crippen molar-refractivity contribution in [1.82, 2.24) is 9.88 Å². The van der Waals surface area contributed by atoms with Crippen molar-refractivity contribution in [3.8, 4) is 5.75 Å². The number of nitrogens with zero attached hydrogens (tertiary/aromatic N) is 2. The molecule has 1 unspecified atom stereocenters. The third-order valence-electron chi connectivity index (χ3n) is 2.60. The molecule has 90 valence electrons. The molecular weight excluding hydrogens is 224 g/mol. The molecule has 0 aliphatic carbocycles. The average Bonchev–Trinajstić information content (AvgIpc) is 2.26. The van der Waals surface area contributed by atoms with Crippen molar-refractivity contribution in [1.29, 1.82) is 0 Å². The third-order valence-corrected chi connectivity index (χ3v) is 3.05. The number of aryl methyl sites for hydroxylation is 1. The Morgan fingerprint density at radius 1 is 1.50 bits per heavy atom. The average molecular weight is 243 g/mol. The molecule has 4 heteroatoms. The predicted octanol–water partition coefficient (Wildman–Crippen LogP) is 2.46. The Hall–Kier alpha value is -0.800. The number of ether oxygens (including phenoxy) is 1. The monoisotopic (exact) mass is 242 g/mol. The molecule has 1 aromatic rings. The second kappa shape index (κ2) is 6.06. The first kappa shape index (κ1) is 13.3. The number of methoxy groups -OCH3 is 1. The quantitative estimate of drug-likeness (QED) is 0.742. The van der Waals surface area contributed by atoms with Gasteiger partial charge in [0.1, 0.15) is 5.75 Å². The van der Waals surface area contributed by atoms with Gasteiger partial charge in [0.05, 0.1) is 12.8 Å². The van der Waals surface area contributed by atoms with Crippen LogP contribution in [0.4, 0.5) is 0 Å². The molecule has 0 saturated heterocycles. The normalized spacial score (nSPS) is 12.9. The zero-order valence-electron chi connectivity index (χ0n) is 10.3. The second-order valence-electron chi connectivity index (χ2n) is 4.06. The molecule has 0 aromatic carbocycles. The van der Waals surface area contributed by atoms with Crippen LogP contribution >= 0.6 is 11.6 Å². The SMILES string of the molecule is COc1cc(C)nc(CN(C)C(C)CCl)c1. The minimum atomic E-state index is 0.343. The van der Waals surface area contributed by atoms with Crippen molar-refractivity contribution < 1.29 is 4.74 Å². The van der Waals surface area contributed by atoms with E-state index in [1.165, 1.54) is 0 Å². The van der Waals surface area contributed by atoms with Crippen LogP contribution in [-0.2, 0) is 6.54 Å². The summed E-state index contributed by atoms with van der Waals surface area (Å²) in [6.07, 6.45) is 0. The second-order valence-corrected chi connectivity index (χ2v) is 4.37. The molecule has 0 fully saturated rings. The molecule has 1 atom stereocenters. The summed E-state index contributed by atoms with van der Waals surface area (Å²) in [7, 11) is 3.72. The summed E-state index contributed by atoms with van der Waals surface area (Å²) >= 11 is 5.82. The smallest absolute Gasteiger partial charge is 0.122 e. The van der Waals surface area contributed by atoms with Crippen LogP contribution in [0, 0.1) is 6.92 Å². The predicted molar refractivity (Wildman–Crippen MR) is 67.2 cm³/mol. The van der Waals surface area contributed by atoms with E-state index in [0.717, 1.165) is 23.7 Å².